The van der Waals surface area contributed by atoms with Gasteiger partial charge in [-0.2, -0.15) is 5.26 Å². The van der Waals surface area contributed by atoms with Gasteiger partial charge in [-0.1, -0.05) is 18.2 Å². The fourth-order valence-electron chi connectivity index (χ4n) is 3.41. The minimum absolute atomic E-state index is 0.0898. The molecule has 1 aromatic heterocycles. The van der Waals surface area contributed by atoms with E-state index < -0.39 is 0 Å². The summed E-state index contributed by atoms with van der Waals surface area (Å²) in [4.78, 5) is 16.4. The lowest BCUT2D eigenvalue weighted by Gasteiger charge is -2.21. The number of thiophene rings is 1. The van der Waals surface area contributed by atoms with Gasteiger partial charge in [0.2, 0.25) is 0 Å². The predicted octanol–water partition coefficient (Wildman–Crippen LogP) is 5.08. The molecule has 3 aromatic rings. The number of fused-ring (bicyclic) bond motifs is 1. The number of hydrogen-bond donors (Lipinski definition) is 1. The molecule has 0 saturated carbocycles. The lowest BCUT2D eigenvalue weighted by Crippen LogP contribution is -2.27. The number of nitrogens with zero attached hydrogens (tertiary/aromatic N) is 2. The number of carbonyl (C=O) groups excluding carboxylic acids is 1. The Morgan fingerprint density at radius 2 is 1.87 bits per heavy atom. The number of nitrogens with one attached hydrogen (secondary N) is 1. The zero-order valence-electron chi connectivity index (χ0n) is 18.1. The second-order valence-corrected chi connectivity index (χ2v) is 8.15. The van der Waals surface area contributed by atoms with Gasteiger partial charge in [0.15, 0.2) is 0 Å². The van der Waals surface area contributed by atoms with Gasteiger partial charge >= 0.3 is 0 Å². The van der Waals surface area contributed by atoms with E-state index in [-0.39, 0.29) is 11.5 Å². The van der Waals surface area contributed by atoms with Gasteiger partial charge in [-0.25, -0.2) is 0 Å². The third kappa shape index (κ3) is 5.52. The summed E-state index contributed by atoms with van der Waals surface area (Å²) in [6.07, 6.45) is 1.63. The quantitative estimate of drug-likeness (QED) is 0.290. The van der Waals surface area contributed by atoms with Crippen molar-refractivity contribution >= 4 is 39.8 Å². The van der Waals surface area contributed by atoms with Crippen LogP contribution < -0.4 is 10.2 Å². The molecular formula is C25H27N3O2S. The van der Waals surface area contributed by atoms with Crippen molar-refractivity contribution in [1.29, 1.82) is 5.26 Å². The maximum Gasteiger partial charge on any atom is 0.262 e. The Labute approximate surface area is 187 Å². The summed E-state index contributed by atoms with van der Waals surface area (Å²) in [5.74, 6) is -0.385. The van der Waals surface area contributed by atoms with E-state index >= 15 is 0 Å². The SMILES string of the molecule is CCN(CC)c1ccc2cc(-c3ccc(/C=C(\C#N)C(=O)NCCOC)s3)ccc2c1. The molecule has 2 aromatic carbocycles. The topological polar surface area (TPSA) is 65.4 Å². The molecule has 0 unspecified atom stereocenters. The first kappa shape index (κ1) is 22.5. The largest absolute Gasteiger partial charge is 0.383 e. The predicted molar refractivity (Wildman–Crippen MR) is 129 cm³/mol. The van der Waals surface area contributed by atoms with E-state index in [9.17, 15) is 10.1 Å². The molecule has 0 bridgehead atoms. The number of benzene rings is 2. The van der Waals surface area contributed by atoms with Gasteiger partial charge in [0.25, 0.3) is 5.91 Å². The molecule has 1 amide bonds. The summed E-state index contributed by atoms with van der Waals surface area (Å²) >= 11 is 1.56. The van der Waals surface area contributed by atoms with Crippen molar-refractivity contribution in [2.45, 2.75) is 13.8 Å². The smallest absolute Gasteiger partial charge is 0.262 e. The Kier molecular flexibility index (Phi) is 7.82. The van der Waals surface area contributed by atoms with Gasteiger partial charge in [0.1, 0.15) is 11.6 Å². The highest BCUT2D eigenvalue weighted by molar-refractivity contribution is 7.16. The monoisotopic (exact) mass is 433 g/mol. The molecule has 1 N–H and O–H groups in total. The van der Waals surface area contributed by atoms with Crippen LogP contribution in [0.2, 0.25) is 0 Å². The fourth-order valence-corrected chi connectivity index (χ4v) is 4.36. The second kappa shape index (κ2) is 10.8. The van der Waals surface area contributed by atoms with Crippen molar-refractivity contribution < 1.29 is 9.53 Å². The van der Waals surface area contributed by atoms with E-state index in [1.165, 1.54) is 16.5 Å². The number of rotatable bonds is 9. The number of methoxy groups -OCH3 is 1. The molecule has 0 aliphatic carbocycles. The summed E-state index contributed by atoms with van der Waals surface area (Å²) in [6.45, 7) is 7.09. The van der Waals surface area contributed by atoms with Crippen molar-refractivity contribution in [3.63, 3.8) is 0 Å². The minimum atomic E-state index is -0.385. The fraction of sp³-hybridized carbons (Fsp3) is 0.280. The van der Waals surface area contributed by atoms with Crippen molar-refractivity contribution in [1.82, 2.24) is 5.32 Å². The van der Waals surface area contributed by atoms with Crippen LogP contribution in [0.4, 0.5) is 5.69 Å². The van der Waals surface area contributed by atoms with Gasteiger partial charge in [0, 0.05) is 42.2 Å². The summed E-state index contributed by atoms with van der Waals surface area (Å²) in [7, 11) is 1.57. The van der Waals surface area contributed by atoms with Crippen molar-refractivity contribution in [2.75, 3.05) is 38.3 Å². The molecular weight excluding hydrogens is 406 g/mol. The molecule has 0 aliphatic heterocycles. The van der Waals surface area contributed by atoms with Crippen LogP contribution >= 0.6 is 11.3 Å². The zero-order chi connectivity index (χ0) is 22.2. The number of amides is 1. The van der Waals surface area contributed by atoms with Crippen LogP contribution in [-0.4, -0.2) is 39.3 Å². The maximum absolute atomic E-state index is 12.1. The molecule has 6 heteroatoms. The summed E-state index contributed by atoms with van der Waals surface area (Å²) in [5.41, 5.74) is 2.45. The number of nitriles is 1. The van der Waals surface area contributed by atoms with E-state index in [2.05, 4.69) is 60.5 Å². The molecule has 5 nitrogen and oxygen atoms in total. The van der Waals surface area contributed by atoms with Crippen LogP contribution in [-0.2, 0) is 9.53 Å². The van der Waals surface area contributed by atoms with Gasteiger partial charge in [-0.3, -0.25) is 4.79 Å². The number of ether oxygens (including phenoxy) is 1. The Hall–Kier alpha value is -3.14. The van der Waals surface area contributed by atoms with Crippen LogP contribution in [0.25, 0.3) is 27.3 Å². The summed E-state index contributed by atoms with van der Waals surface area (Å²) < 4.78 is 4.92. The number of carbonyl (C=O) groups is 1. The molecule has 160 valence electrons. The van der Waals surface area contributed by atoms with E-state index in [0.717, 1.165) is 28.4 Å². The summed E-state index contributed by atoms with van der Waals surface area (Å²) in [5, 5.41) is 14.4. The van der Waals surface area contributed by atoms with Gasteiger partial charge in [-0.15, -0.1) is 11.3 Å². The van der Waals surface area contributed by atoms with Crippen LogP contribution in [0, 0.1) is 11.3 Å². The highest BCUT2D eigenvalue weighted by Gasteiger charge is 2.10. The first-order chi connectivity index (χ1) is 15.1. The van der Waals surface area contributed by atoms with Crippen LogP contribution in [0.3, 0.4) is 0 Å². The van der Waals surface area contributed by atoms with Gasteiger partial charge in [-0.05, 0) is 66.6 Å². The Morgan fingerprint density at radius 3 is 2.58 bits per heavy atom. The van der Waals surface area contributed by atoms with E-state index in [0.29, 0.717) is 13.2 Å². The Bertz CT molecular complexity index is 1120. The second-order valence-electron chi connectivity index (χ2n) is 7.04. The minimum Gasteiger partial charge on any atom is -0.383 e. The van der Waals surface area contributed by atoms with E-state index in [4.69, 9.17) is 4.74 Å². The molecule has 0 aliphatic rings. The van der Waals surface area contributed by atoms with E-state index in [1.54, 1.807) is 24.5 Å². The average molecular weight is 434 g/mol. The van der Waals surface area contributed by atoms with Crippen LogP contribution in [0.5, 0.6) is 0 Å². The molecule has 31 heavy (non-hydrogen) atoms. The van der Waals surface area contributed by atoms with Gasteiger partial charge in [0.05, 0.1) is 6.61 Å². The Morgan fingerprint density at radius 1 is 1.13 bits per heavy atom. The maximum atomic E-state index is 12.1. The highest BCUT2D eigenvalue weighted by atomic mass is 32.1. The van der Waals surface area contributed by atoms with Crippen LogP contribution in [0.1, 0.15) is 18.7 Å². The molecule has 0 saturated heterocycles. The average Bonchev–Trinajstić information content (AvgIpc) is 3.26. The molecule has 3 rings (SSSR count). The molecule has 1 heterocycles. The lowest BCUT2D eigenvalue weighted by atomic mass is 10.0. The molecule has 0 radical (unpaired) electrons. The lowest BCUT2D eigenvalue weighted by molar-refractivity contribution is -0.117. The zero-order valence-corrected chi connectivity index (χ0v) is 19.0. The first-order valence-electron chi connectivity index (χ1n) is 10.4. The Balaban J connectivity index is 1.82. The standard InChI is InChI=1S/C25H27N3O2S/c1-4-28(5-2)22-9-8-18-14-20(7-6-19(18)15-22)24-11-10-23(31-24)16-21(17-26)25(29)27-12-13-30-3/h6-11,14-16H,4-5,12-13H2,1-3H3,(H,27,29)/b21-16+. The first-order valence-corrected chi connectivity index (χ1v) is 11.2. The normalized spacial score (nSPS) is 11.4. The third-order valence-electron chi connectivity index (χ3n) is 5.11. The van der Waals surface area contributed by atoms with E-state index in [1.807, 2.05) is 18.2 Å². The summed E-state index contributed by atoms with van der Waals surface area (Å²) in [6, 6.07) is 19.0. The van der Waals surface area contributed by atoms with Gasteiger partial charge < -0.3 is 15.0 Å². The van der Waals surface area contributed by atoms with Crippen molar-refractivity contribution in [3.8, 4) is 16.5 Å². The number of anilines is 1. The molecule has 0 fully saturated rings. The molecule has 0 spiro atoms. The third-order valence-corrected chi connectivity index (χ3v) is 6.19. The van der Waals surface area contributed by atoms with Crippen LogP contribution in [0.15, 0.2) is 54.1 Å². The highest BCUT2D eigenvalue weighted by Crippen LogP contribution is 2.32. The van der Waals surface area contributed by atoms with Crippen molar-refractivity contribution in [2.24, 2.45) is 0 Å². The number of hydrogen-bond acceptors (Lipinski definition) is 5. The van der Waals surface area contributed by atoms with Crippen molar-refractivity contribution in [3.05, 3.63) is 59.0 Å². The molecule has 0 atom stereocenters.